The van der Waals surface area contributed by atoms with Crippen LogP contribution in [0, 0.1) is 11.3 Å². The van der Waals surface area contributed by atoms with Crippen molar-refractivity contribution in [2.75, 3.05) is 25.0 Å². The van der Waals surface area contributed by atoms with Crippen LogP contribution in [-0.4, -0.2) is 29.9 Å². The predicted molar refractivity (Wildman–Crippen MR) is 62.4 cm³/mol. The minimum Gasteiger partial charge on any atom is -0.303 e. The van der Waals surface area contributed by atoms with E-state index < -0.39 is 0 Å². The first-order valence-electron chi connectivity index (χ1n) is 5.40. The van der Waals surface area contributed by atoms with E-state index in [2.05, 4.69) is 41.6 Å². The Morgan fingerprint density at radius 1 is 1.38 bits per heavy atom. The molecule has 0 N–H and O–H groups in total. The van der Waals surface area contributed by atoms with Gasteiger partial charge in [-0.3, -0.25) is 0 Å². The molecule has 0 spiro atoms. The van der Waals surface area contributed by atoms with Crippen LogP contribution in [0.4, 0.5) is 0 Å². The molecule has 2 heteroatoms. The molecule has 0 unspecified atom stereocenters. The largest absolute Gasteiger partial charge is 0.303 e. The van der Waals surface area contributed by atoms with Gasteiger partial charge in [-0.15, -0.1) is 0 Å². The van der Waals surface area contributed by atoms with E-state index in [0.29, 0.717) is 5.41 Å². The standard InChI is InChI=1S/C11H22BrN/c1-4-13(7-10(2)3)9-11(8-12)5-6-11/h10H,4-9H2,1-3H3. The summed E-state index contributed by atoms with van der Waals surface area (Å²) in [5, 5.41) is 1.19. The van der Waals surface area contributed by atoms with Gasteiger partial charge in [0.05, 0.1) is 0 Å². The molecule has 1 rings (SSSR count). The fraction of sp³-hybridized carbons (Fsp3) is 1.00. The summed E-state index contributed by atoms with van der Waals surface area (Å²) in [6.45, 7) is 10.6. The van der Waals surface area contributed by atoms with Crippen molar-refractivity contribution in [3.63, 3.8) is 0 Å². The lowest BCUT2D eigenvalue weighted by Crippen LogP contribution is -2.34. The second kappa shape index (κ2) is 4.79. The molecule has 0 amide bonds. The molecule has 1 aliphatic carbocycles. The first kappa shape index (κ1) is 11.5. The first-order chi connectivity index (χ1) is 6.12. The van der Waals surface area contributed by atoms with E-state index in [0.717, 1.165) is 5.92 Å². The molecule has 1 fully saturated rings. The monoisotopic (exact) mass is 247 g/mol. The van der Waals surface area contributed by atoms with Gasteiger partial charge in [0.1, 0.15) is 0 Å². The smallest absolute Gasteiger partial charge is 0.0100 e. The summed E-state index contributed by atoms with van der Waals surface area (Å²) in [7, 11) is 0. The van der Waals surface area contributed by atoms with Crippen LogP contribution in [0.5, 0.6) is 0 Å². The quantitative estimate of drug-likeness (QED) is 0.653. The van der Waals surface area contributed by atoms with Gasteiger partial charge in [0.15, 0.2) is 0 Å². The van der Waals surface area contributed by atoms with Crippen LogP contribution in [-0.2, 0) is 0 Å². The van der Waals surface area contributed by atoms with Crippen molar-refractivity contribution in [1.29, 1.82) is 0 Å². The Morgan fingerprint density at radius 2 is 2.00 bits per heavy atom. The lowest BCUT2D eigenvalue weighted by atomic mass is 10.1. The summed E-state index contributed by atoms with van der Waals surface area (Å²) in [6.07, 6.45) is 2.85. The Morgan fingerprint density at radius 3 is 2.31 bits per heavy atom. The van der Waals surface area contributed by atoms with Gasteiger partial charge in [-0.05, 0) is 30.7 Å². The summed E-state index contributed by atoms with van der Waals surface area (Å²) >= 11 is 3.63. The highest BCUT2D eigenvalue weighted by Gasteiger charge is 2.42. The molecule has 0 bridgehead atoms. The van der Waals surface area contributed by atoms with Crippen LogP contribution < -0.4 is 0 Å². The molecule has 0 heterocycles. The number of nitrogens with zero attached hydrogens (tertiary/aromatic N) is 1. The van der Waals surface area contributed by atoms with Gasteiger partial charge in [-0.1, -0.05) is 36.7 Å². The lowest BCUT2D eigenvalue weighted by Gasteiger charge is -2.26. The molecule has 0 saturated heterocycles. The van der Waals surface area contributed by atoms with E-state index >= 15 is 0 Å². The highest BCUT2D eigenvalue weighted by atomic mass is 79.9. The van der Waals surface area contributed by atoms with Crippen LogP contribution in [0.3, 0.4) is 0 Å². The maximum Gasteiger partial charge on any atom is 0.0100 e. The molecule has 78 valence electrons. The minimum atomic E-state index is 0.644. The molecule has 0 radical (unpaired) electrons. The number of hydrogen-bond donors (Lipinski definition) is 0. The van der Waals surface area contributed by atoms with Gasteiger partial charge in [0, 0.05) is 18.4 Å². The Bertz CT molecular complexity index is 152. The van der Waals surface area contributed by atoms with E-state index in [1.54, 1.807) is 0 Å². The number of hydrogen-bond acceptors (Lipinski definition) is 1. The Hall–Kier alpha value is 0.440. The maximum absolute atomic E-state index is 3.63. The van der Waals surface area contributed by atoms with E-state index in [-0.39, 0.29) is 0 Å². The number of rotatable bonds is 6. The molecule has 0 aromatic carbocycles. The number of alkyl halides is 1. The predicted octanol–water partition coefficient (Wildman–Crippen LogP) is 3.14. The van der Waals surface area contributed by atoms with Crippen LogP contribution in [0.2, 0.25) is 0 Å². The zero-order valence-electron chi connectivity index (χ0n) is 9.15. The van der Waals surface area contributed by atoms with Gasteiger partial charge in [0.25, 0.3) is 0 Å². The highest BCUT2D eigenvalue weighted by Crippen LogP contribution is 2.47. The van der Waals surface area contributed by atoms with E-state index in [1.165, 1.54) is 37.8 Å². The summed E-state index contributed by atoms with van der Waals surface area (Å²) in [4.78, 5) is 2.60. The fourth-order valence-electron chi connectivity index (χ4n) is 1.81. The molecule has 1 nitrogen and oxygen atoms in total. The molecule has 0 aliphatic heterocycles. The van der Waals surface area contributed by atoms with E-state index in [9.17, 15) is 0 Å². The van der Waals surface area contributed by atoms with Gasteiger partial charge >= 0.3 is 0 Å². The van der Waals surface area contributed by atoms with Crippen molar-refractivity contribution in [1.82, 2.24) is 4.90 Å². The summed E-state index contributed by atoms with van der Waals surface area (Å²) in [6, 6.07) is 0. The van der Waals surface area contributed by atoms with E-state index in [4.69, 9.17) is 0 Å². The summed E-state index contributed by atoms with van der Waals surface area (Å²) < 4.78 is 0. The maximum atomic E-state index is 3.63. The molecule has 0 aromatic heterocycles. The van der Waals surface area contributed by atoms with Crippen LogP contribution in [0.25, 0.3) is 0 Å². The first-order valence-corrected chi connectivity index (χ1v) is 6.52. The third-order valence-corrected chi connectivity index (χ3v) is 4.06. The lowest BCUT2D eigenvalue weighted by molar-refractivity contribution is 0.217. The van der Waals surface area contributed by atoms with Crippen molar-refractivity contribution in [3.8, 4) is 0 Å². The molecular weight excluding hydrogens is 226 g/mol. The third kappa shape index (κ3) is 3.59. The van der Waals surface area contributed by atoms with Crippen LogP contribution in [0.15, 0.2) is 0 Å². The molecule has 13 heavy (non-hydrogen) atoms. The van der Waals surface area contributed by atoms with Crippen molar-refractivity contribution >= 4 is 15.9 Å². The van der Waals surface area contributed by atoms with Gasteiger partial charge in [-0.25, -0.2) is 0 Å². The Kier molecular flexibility index (Phi) is 4.24. The van der Waals surface area contributed by atoms with E-state index in [1.807, 2.05) is 0 Å². The van der Waals surface area contributed by atoms with Crippen molar-refractivity contribution in [2.45, 2.75) is 33.6 Å². The fourth-order valence-corrected chi connectivity index (χ4v) is 2.55. The molecule has 0 aromatic rings. The third-order valence-electron chi connectivity index (χ3n) is 2.87. The second-order valence-corrected chi connectivity index (χ2v) is 5.42. The molecule has 1 aliphatic rings. The van der Waals surface area contributed by atoms with Crippen LogP contribution >= 0.6 is 15.9 Å². The minimum absolute atomic E-state index is 0.644. The van der Waals surface area contributed by atoms with Crippen molar-refractivity contribution < 1.29 is 0 Å². The second-order valence-electron chi connectivity index (χ2n) is 4.86. The zero-order valence-corrected chi connectivity index (χ0v) is 10.7. The topological polar surface area (TPSA) is 3.24 Å². The average Bonchev–Trinajstić information content (AvgIpc) is 2.84. The normalized spacial score (nSPS) is 19.8. The Balaban J connectivity index is 2.31. The van der Waals surface area contributed by atoms with Gasteiger partial charge in [0.2, 0.25) is 0 Å². The van der Waals surface area contributed by atoms with Gasteiger partial charge < -0.3 is 4.90 Å². The summed E-state index contributed by atoms with van der Waals surface area (Å²) in [5.41, 5.74) is 0.644. The van der Waals surface area contributed by atoms with Gasteiger partial charge in [-0.2, -0.15) is 0 Å². The van der Waals surface area contributed by atoms with Crippen LogP contribution in [0.1, 0.15) is 33.6 Å². The molecule has 1 saturated carbocycles. The highest BCUT2D eigenvalue weighted by molar-refractivity contribution is 9.09. The number of halogens is 1. The van der Waals surface area contributed by atoms with Crippen molar-refractivity contribution in [3.05, 3.63) is 0 Å². The Labute approximate surface area is 91.0 Å². The molecular formula is C11H22BrN. The summed E-state index contributed by atoms with van der Waals surface area (Å²) in [5.74, 6) is 0.797. The SMILES string of the molecule is CCN(CC(C)C)CC1(CBr)CC1. The zero-order chi connectivity index (χ0) is 9.90. The average molecular weight is 248 g/mol. The van der Waals surface area contributed by atoms with Crippen molar-refractivity contribution in [2.24, 2.45) is 11.3 Å². The molecule has 0 atom stereocenters.